The number of unbranched alkanes of at least 4 members (excludes halogenated alkanes) is 2. The molecule has 0 spiro atoms. The van der Waals surface area contributed by atoms with E-state index in [-0.39, 0.29) is 30.6 Å². The van der Waals surface area contributed by atoms with Crippen LogP contribution in [-0.4, -0.2) is 43.3 Å². The van der Waals surface area contributed by atoms with Gasteiger partial charge in [0.05, 0.1) is 20.6 Å². The van der Waals surface area contributed by atoms with E-state index in [0.29, 0.717) is 0 Å². The molecule has 20 heavy (non-hydrogen) atoms. The fourth-order valence-electron chi connectivity index (χ4n) is 2.96. The highest BCUT2D eigenvalue weighted by atomic mass is 16.5. The molecule has 1 fully saturated rings. The molecule has 1 aliphatic rings. The number of rotatable bonds is 6. The number of ether oxygens (including phenoxy) is 2. The first-order valence-corrected chi connectivity index (χ1v) is 7.57. The first-order chi connectivity index (χ1) is 9.63. The van der Waals surface area contributed by atoms with Crippen LogP contribution in [0.15, 0.2) is 0 Å². The zero-order valence-electron chi connectivity index (χ0n) is 12.9. The third-order valence-electron chi connectivity index (χ3n) is 4.02. The smallest absolute Gasteiger partial charge is 0.409 e. The van der Waals surface area contributed by atoms with Gasteiger partial charge >= 0.3 is 12.1 Å². The lowest BCUT2D eigenvalue weighted by atomic mass is 9.91. The van der Waals surface area contributed by atoms with Gasteiger partial charge in [0.25, 0.3) is 0 Å². The molecule has 0 aromatic rings. The van der Waals surface area contributed by atoms with Crippen LogP contribution in [-0.2, 0) is 14.3 Å². The zero-order valence-corrected chi connectivity index (χ0v) is 12.9. The van der Waals surface area contributed by atoms with Crippen LogP contribution in [0.5, 0.6) is 0 Å². The number of hydrogen-bond acceptors (Lipinski definition) is 4. The van der Waals surface area contributed by atoms with Gasteiger partial charge in [0.2, 0.25) is 0 Å². The summed E-state index contributed by atoms with van der Waals surface area (Å²) in [7, 11) is 2.78. The summed E-state index contributed by atoms with van der Waals surface area (Å²) in [6, 6.07) is 0.104. The molecule has 5 nitrogen and oxygen atoms in total. The molecular formula is C15H27NO4. The van der Waals surface area contributed by atoms with Crippen molar-refractivity contribution < 1.29 is 19.1 Å². The number of nitrogens with zero attached hydrogens (tertiary/aromatic N) is 1. The lowest BCUT2D eigenvalue weighted by Gasteiger charge is -2.41. The minimum atomic E-state index is -0.319. The van der Waals surface area contributed by atoms with Gasteiger partial charge in [0.1, 0.15) is 0 Å². The molecule has 1 amide bonds. The first-order valence-electron chi connectivity index (χ1n) is 7.57. The summed E-state index contributed by atoms with van der Waals surface area (Å²) >= 11 is 0. The molecule has 0 radical (unpaired) electrons. The molecule has 0 aromatic carbocycles. The quantitative estimate of drug-likeness (QED) is 0.556. The van der Waals surface area contributed by atoms with Gasteiger partial charge < -0.3 is 14.4 Å². The van der Waals surface area contributed by atoms with Crippen LogP contribution >= 0.6 is 0 Å². The predicted octanol–water partition coefficient (Wildman–Crippen LogP) is 3.12. The third kappa shape index (κ3) is 4.69. The van der Waals surface area contributed by atoms with E-state index in [4.69, 9.17) is 9.47 Å². The molecule has 0 bridgehead atoms. The van der Waals surface area contributed by atoms with Crippen LogP contribution in [0, 0.1) is 0 Å². The lowest BCUT2D eigenvalue weighted by Crippen LogP contribution is -2.50. The second-order valence-corrected chi connectivity index (χ2v) is 5.39. The Morgan fingerprint density at radius 3 is 2.40 bits per heavy atom. The fraction of sp³-hybridized carbons (Fsp3) is 0.867. The van der Waals surface area contributed by atoms with Crippen LogP contribution in [0.2, 0.25) is 0 Å². The van der Waals surface area contributed by atoms with Gasteiger partial charge in [-0.05, 0) is 25.7 Å². The van der Waals surface area contributed by atoms with Crippen molar-refractivity contribution in [3.05, 3.63) is 0 Å². The molecule has 1 heterocycles. The Morgan fingerprint density at radius 2 is 1.80 bits per heavy atom. The Balaban J connectivity index is 2.71. The largest absolute Gasteiger partial charge is 0.469 e. The Labute approximate surface area is 121 Å². The molecule has 116 valence electrons. The van der Waals surface area contributed by atoms with E-state index >= 15 is 0 Å². The molecule has 0 aliphatic carbocycles. The highest BCUT2D eigenvalue weighted by Crippen LogP contribution is 2.29. The maximum Gasteiger partial charge on any atom is 0.409 e. The molecule has 0 N–H and O–H groups in total. The van der Waals surface area contributed by atoms with Gasteiger partial charge in [-0.25, -0.2) is 4.79 Å². The molecule has 0 saturated carbocycles. The van der Waals surface area contributed by atoms with E-state index in [2.05, 4.69) is 6.92 Å². The Morgan fingerprint density at radius 1 is 1.10 bits per heavy atom. The number of esters is 1. The molecule has 5 heteroatoms. The van der Waals surface area contributed by atoms with Crippen molar-refractivity contribution in [1.82, 2.24) is 4.90 Å². The number of carbonyl (C=O) groups is 2. The van der Waals surface area contributed by atoms with Crippen molar-refractivity contribution in [1.29, 1.82) is 0 Å². The summed E-state index contributed by atoms with van der Waals surface area (Å²) in [6.45, 7) is 2.17. The number of piperidine rings is 1. The summed E-state index contributed by atoms with van der Waals surface area (Å²) in [5, 5.41) is 0. The molecule has 0 aromatic heterocycles. The van der Waals surface area contributed by atoms with Gasteiger partial charge in [0, 0.05) is 12.1 Å². The van der Waals surface area contributed by atoms with Gasteiger partial charge in [-0.3, -0.25) is 4.79 Å². The van der Waals surface area contributed by atoms with E-state index < -0.39 is 0 Å². The second-order valence-electron chi connectivity index (χ2n) is 5.39. The number of carbonyl (C=O) groups excluding carboxylic acids is 2. The number of likely N-dealkylation sites (tertiary alicyclic amines) is 1. The van der Waals surface area contributed by atoms with Gasteiger partial charge in [-0.15, -0.1) is 0 Å². The highest BCUT2D eigenvalue weighted by molar-refractivity contribution is 5.73. The van der Waals surface area contributed by atoms with Crippen molar-refractivity contribution in [3.8, 4) is 0 Å². The summed E-state index contributed by atoms with van der Waals surface area (Å²) in [4.78, 5) is 25.3. The number of hydrogen-bond donors (Lipinski definition) is 0. The van der Waals surface area contributed by atoms with Crippen molar-refractivity contribution in [2.45, 2.75) is 70.4 Å². The van der Waals surface area contributed by atoms with Crippen LogP contribution in [0.25, 0.3) is 0 Å². The van der Waals surface area contributed by atoms with Crippen LogP contribution in [0.3, 0.4) is 0 Å². The van der Waals surface area contributed by atoms with Crippen molar-refractivity contribution >= 4 is 12.1 Å². The monoisotopic (exact) mass is 285 g/mol. The molecule has 2 atom stereocenters. The first kappa shape index (κ1) is 16.8. The Kier molecular flexibility index (Phi) is 7.41. The van der Waals surface area contributed by atoms with E-state index in [9.17, 15) is 9.59 Å². The van der Waals surface area contributed by atoms with Crippen LogP contribution in [0.1, 0.15) is 58.3 Å². The maximum absolute atomic E-state index is 12.0. The Bertz CT molecular complexity index is 319. The van der Waals surface area contributed by atoms with Gasteiger partial charge in [-0.2, -0.15) is 0 Å². The fourth-order valence-corrected chi connectivity index (χ4v) is 2.96. The lowest BCUT2D eigenvalue weighted by molar-refractivity contribution is -0.142. The average molecular weight is 285 g/mol. The van der Waals surface area contributed by atoms with Gasteiger partial charge in [-0.1, -0.05) is 26.2 Å². The number of methoxy groups -OCH3 is 2. The van der Waals surface area contributed by atoms with E-state index in [0.717, 1.165) is 38.5 Å². The SMILES string of the molecule is CCCCC[C@H]1CCC[C@H](CC(=O)OC)N1C(=O)OC. The molecule has 1 aliphatic heterocycles. The van der Waals surface area contributed by atoms with Crippen molar-refractivity contribution in [2.24, 2.45) is 0 Å². The molecule has 1 rings (SSSR count). The second kappa shape index (κ2) is 8.82. The minimum absolute atomic E-state index is 0.0877. The standard InChI is InChI=1S/C15H27NO4/c1-4-5-6-8-12-9-7-10-13(11-14(17)19-2)16(12)15(18)20-3/h12-13H,4-11H2,1-3H3/t12-,13+/m0/s1. The zero-order chi connectivity index (χ0) is 15.0. The minimum Gasteiger partial charge on any atom is -0.469 e. The average Bonchev–Trinajstić information content (AvgIpc) is 2.47. The third-order valence-corrected chi connectivity index (χ3v) is 4.02. The summed E-state index contributed by atoms with van der Waals surface area (Å²) in [5.74, 6) is -0.266. The number of amides is 1. The normalized spacial score (nSPS) is 22.4. The highest BCUT2D eigenvalue weighted by Gasteiger charge is 2.35. The summed E-state index contributed by atoms with van der Waals surface area (Å²) in [6.07, 6.45) is 7.26. The topological polar surface area (TPSA) is 55.8 Å². The molecule has 0 unspecified atom stereocenters. The molecular weight excluding hydrogens is 258 g/mol. The van der Waals surface area contributed by atoms with Gasteiger partial charge in [0.15, 0.2) is 0 Å². The van der Waals surface area contributed by atoms with E-state index in [1.807, 2.05) is 0 Å². The Hall–Kier alpha value is -1.26. The van der Waals surface area contributed by atoms with Crippen LogP contribution in [0.4, 0.5) is 4.79 Å². The van der Waals surface area contributed by atoms with E-state index in [1.54, 1.807) is 4.90 Å². The van der Waals surface area contributed by atoms with Crippen molar-refractivity contribution in [2.75, 3.05) is 14.2 Å². The van der Waals surface area contributed by atoms with Crippen LogP contribution < -0.4 is 0 Å². The van der Waals surface area contributed by atoms with E-state index in [1.165, 1.54) is 20.6 Å². The molecule has 1 saturated heterocycles. The summed E-state index contributed by atoms with van der Waals surface area (Å²) < 4.78 is 9.64. The van der Waals surface area contributed by atoms with Crippen molar-refractivity contribution in [3.63, 3.8) is 0 Å². The summed E-state index contributed by atoms with van der Waals surface area (Å²) in [5.41, 5.74) is 0. The predicted molar refractivity (Wildman–Crippen MR) is 76.4 cm³/mol. The maximum atomic E-state index is 12.0.